The van der Waals surface area contributed by atoms with Crippen molar-refractivity contribution in [1.82, 2.24) is 24.8 Å². The predicted octanol–water partition coefficient (Wildman–Crippen LogP) is 2.27. The zero-order chi connectivity index (χ0) is 16.8. The van der Waals surface area contributed by atoms with Crippen LogP contribution in [0.3, 0.4) is 0 Å². The number of hydrogen-bond acceptors (Lipinski definition) is 5. The van der Waals surface area contributed by atoms with Gasteiger partial charge in [0.2, 0.25) is 5.89 Å². The van der Waals surface area contributed by atoms with Crippen molar-refractivity contribution in [2.24, 2.45) is 0 Å². The Bertz CT molecular complexity index is 725. The van der Waals surface area contributed by atoms with Gasteiger partial charge in [-0.25, -0.2) is 0 Å². The molecule has 7 heteroatoms. The molecule has 1 fully saturated rings. The van der Waals surface area contributed by atoms with Gasteiger partial charge in [-0.3, -0.25) is 9.48 Å². The Kier molecular flexibility index (Phi) is 3.74. The molecule has 0 unspecified atom stereocenters. The van der Waals surface area contributed by atoms with Crippen LogP contribution in [0.1, 0.15) is 60.9 Å². The quantitative estimate of drug-likeness (QED) is 0.849. The van der Waals surface area contributed by atoms with Gasteiger partial charge in [0.15, 0.2) is 5.82 Å². The summed E-state index contributed by atoms with van der Waals surface area (Å²) in [5.41, 5.74) is 1.29. The van der Waals surface area contributed by atoms with E-state index in [-0.39, 0.29) is 17.4 Å². The van der Waals surface area contributed by atoms with Crippen LogP contribution in [0, 0.1) is 13.8 Å². The third-order valence-electron chi connectivity index (χ3n) is 4.18. The van der Waals surface area contributed by atoms with E-state index >= 15 is 0 Å². The van der Waals surface area contributed by atoms with Gasteiger partial charge in [0, 0.05) is 19.3 Å². The molecular weight excluding hydrogens is 294 g/mol. The van der Waals surface area contributed by atoms with Crippen LogP contribution in [-0.4, -0.2) is 43.8 Å². The highest BCUT2D eigenvalue weighted by Crippen LogP contribution is 2.27. The first-order valence-corrected chi connectivity index (χ1v) is 7.92. The van der Waals surface area contributed by atoms with E-state index in [9.17, 15) is 4.79 Å². The van der Waals surface area contributed by atoms with Crippen molar-refractivity contribution in [3.63, 3.8) is 0 Å². The van der Waals surface area contributed by atoms with E-state index < -0.39 is 0 Å². The molecule has 0 aromatic carbocycles. The van der Waals surface area contributed by atoms with Gasteiger partial charge < -0.3 is 9.42 Å². The number of carbonyl (C=O) groups is 1. The van der Waals surface area contributed by atoms with E-state index in [1.165, 1.54) is 0 Å². The standard InChI is InChI=1S/C16H23N5O2/c1-10-13(9-21(18-10)16(3,4)5)15(22)20-7-6-12(8-20)14-17-11(2)19-23-14/h9,12H,6-8H2,1-5H3/t12-/m1/s1. The van der Waals surface area contributed by atoms with Crippen LogP contribution >= 0.6 is 0 Å². The Morgan fingerprint density at radius 1 is 1.35 bits per heavy atom. The lowest BCUT2D eigenvalue weighted by atomic mass is 10.1. The second kappa shape index (κ2) is 5.47. The van der Waals surface area contributed by atoms with Gasteiger partial charge in [-0.05, 0) is 41.0 Å². The topological polar surface area (TPSA) is 77.0 Å². The van der Waals surface area contributed by atoms with E-state index in [2.05, 4.69) is 36.0 Å². The zero-order valence-corrected chi connectivity index (χ0v) is 14.3. The maximum atomic E-state index is 12.8. The second-order valence-electron chi connectivity index (χ2n) is 7.16. The fourth-order valence-corrected chi connectivity index (χ4v) is 2.81. The number of nitrogens with zero attached hydrogens (tertiary/aromatic N) is 5. The predicted molar refractivity (Wildman–Crippen MR) is 84.3 cm³/mol. The molecule has 0 saturated carbocycles. The molecule has 1 aliphatic rings. The molecule has 1 atom stereocenters. The van der Waals surface area contributed by atoms with Gasteiger partial charge >= 0.3 is 0 Å². The summed E-state index contributed by atoms with van der Waals surface area (Å²) >= 11 is 0. The van der Waals surface area contributed by atoms with Gasteiger partial charge in [-0.15, -0.1) is 0 Å². The molecule has 3 rings (SSSR count). The van der Waals surface area contributed by atoms with Gasteiger partial charge in [-0.2, -0.15) is 10.1 Å². The van der Waals surface area contributed by atoms with Gasteiger partial charge in [0.25, 0.3) is 5.91 Å². The molecule has 0 spiro atoms. The first-order chi connectivity index (χ1) is 10.8. The highest BCUT2D eigenvalue weighted by molar-refractivity contribution is 5.95. The summed E-state index contributed by atoms with van der Waals surface area (Å²) < 4.78 is 7.09. The van der Waals surface area contributed by atoms with Crippen molar-refractivity contribution in [3.05, 3.63) is 29.2 Å². The molecule has 0 N–H and O–H groups in total. The first kappa shape index (κ1) is 15.7. The molecule has 7 nitrogen and oxygen atoms in total. The highest BCUT2D eigenvalue weighted by atomic mass is 16.5. The summed E-state index contributed by atoms with van der Waals surface area (Å²) in [5.74, 6) is 1.40. The molecule has 3 heterocycles. The third-order valence-corrected chi connectivity index (χ3v) is 4.18. The van der Waals surface area contributed by atoms with E-state index in [4.69, 9.17) is 4.52 Å². The normalized spacial score (nSPS) is 18.7. The molecule has 2 aromatic heterocycles. The van der Waals surface area contributed by atoms with Crippen LogP contribution in [0.5, 0.6) is 0 Å². The molecule has 1 saturated heterocycles. The largest absolute Gasteiger partial charge is 0.339 e. The summed E-state index contributed by atoms with van der Waals surface area (Å²) in [6.07, 6.45) is 2.70. The van der Waals surface area contributed by atoms with E-state index in [0.717, 1.165) is 12.1 Å². The Morgan fingerprint density at radius 2 is 2.09 bits per heavy atom. The molecule has 0 bridgehead atoms. The van der Waals surface area contributed by atoms with Crippen molar-refractivity contribution in [2.45, 2.75) is 52.5 Å². The number of aromatic nitrogens is 4. The summed E-state index contributed by atoms with van der Waals surface area (Å²) in [4.78, 5) is 18.9. The van der Waals surface area contributed by atoms with Gasteiger partial charge in [0.05, 0.1) is 22.7 Å². The average molecular weight is 317 g/mol. The van der Waals surface area contributed by atoms with E-state index in [0.29, 0.717) is 30.4 Å². The lowest BCUT2D eigenvalue weighted by molar-refractivity contribution is 0.0788. The lowest BCUT2D eigenvalue weighted by Gasteiger charge is -2.19. The molecular formula is C16H23N5O2. The van der Waals surface area contributed by atoms with Crippen LogP contribution in [0.15, 0.2) is 10.7 Å². The number of aryl methyl sites for hydroxylation is 2. The minimum absolute atomic E-state index is 0.0248. The van der Waals surface area contributed by atoms with Crippen LogP contribution in [-0.2, 0) is 5.54 Å². The number of amides is 1. The second-order valence-corrected chi connectivity index (χ2v) is 7.16. The molecule has 23 heavy (non-hydrogen) atoms. The van der Waals surface area contributed by atoms with Crippen LogP contribution in [0.4, 0.5) is 0 Å². The molecule has 0 aliphatic carbocycles. The Hall–Kier alpha value is -2.18. The van der Waals surface area contributed by atoms with Crippen LogP contribution in [0.25, 0.3) is 0 Å². The zero-order valence-electron chi connectivity index (χ0n) is 14.3. The Labute approximate surface area is 135 Å². The first-order valence-electron chi connectivity index (χ1n) is 7.92. The van der Waals surface area contributed by atoms with Crippen LogP contribution < -0.4 is 0 Å². The maximum absolute atomic E-state index is 12.8. The number of carbonyl (C=O) groups excluding carboxylic acids is 1. The minimum Gasteiger partial charge on any atom is -0.339 e. The monoisotopic (exact) mass is 317 g/mol. The third kappa shape index (κ3) is 3.00. The van der Waals surface area contributed by atoms with Crippen molar-refractivity contribution in [2.75, 3.05) is 13.1 Å². The number of rotatable bonds is 2. The highest BCUT2D eigenvalue weighted by Gasteiger charge is 2.33. The minimum atomic E-state index is -0.141. The summed E-state index contributed by atoms with van der Waals surface area (Å²) in [6, 6.07) is 0. The Balaban J connectivity index is 1.76. The number of hydrogen-bond donors (Lipinski definition) is 0. The number of likely N-dealkylation sites (tertiary alicyclic amines) is 1. The smallest absolute Gasteiger partial charge is 0.257 e. The fourth-order valence-electron chi connectivity index (χ4n) is 2.81. The molecule has 124 valence electrons. The summed E-state index contributed by atoms with van der Waals surface area (Å²) in [6.45, 7) is 11.2. The SMILES string of the molecule is Cc1noc([C@@H]2CCN(C(=O)c3cn(C(C)(C)C)nc3C)C2)n1. The van der Waals surface area contributed by atoms with Crippen molar-refractivity contribution < 1.29 is 9.32 Å². The lowest BCUT2D eigenvalue weighted by Crippen LogP contribution is -2.29. The van der Waals surface area contributed by atoms with Gasteiger partial charge in [0.1, 0.15) is 0 Å². The summed E-state index contributed by atoms with van der Waals surface area (Å²) in [5, 5.41) is 8.31. The van der Waals surface area contributed by atoms with E-state index in [1.807, 2.05) is 22.7 Å². The fraction of sp³-hybridized carbons (Fsp3) is 0.625. The Morgan fingerprint density at radius 3 is 2.65 bits per heavy atom. The molecule has 1 amide bonds. The molecule has 2 aromatic rings. The van der Waals surface area contributed by atoms with E-state index in [1.54, 1.807) is 6.92 Å². The van der Waals surface area contributed by atoms with Crippen molar-refractivity contribution >= 4 is 5.91 Å². The van der Waals surface area contributed by atoms with Crippen molar-refractivity contribution in [3.8, 4) is 0 Å². The van der Waals surface area contributed by atoms with Crippen molar-refractivity contribution in [1.29, 1.82) is 0 Å². The molecule has 0 radical (unpaired) electrons. The van der Waals surface area contributed by atoms with Crippen LogP contribution in [0.2, 0.25) is 0 Å². The summed E-state index contributed by atoms with van der Waals surface area (Å²) in [7, 11) is 0. The average Bonchev–Trinajstić information content (AvgIpc) is 3.15. The molecule has 1 aliphatic heterocycles. The van der Waals surface area contributed by atoms with Gasteiger partial charge in [-0.1, -0.05) is 5.16 Å². The maximum Gasteiger partial charge on any atom is 0.257 e.